The number of nitrogens with one attached hydrogen (secondary N) is 1. The van der Waals surface area contributed by atoms with Gasteiger partial charge in [-0.2, -0.15) is 0 Å². The highest BCUT2D eigenvalue weighted by atomic mass is 17.0. The molecule has 1 fully saturated rings. The zero-order valence-corrected chi connectivity index (χ0v) is 25.0. The van der Waals surface area contributed by atoms with Crippen molar-refractivity contribution in [3.63, 3.8) is 0 Å². The predicted molar refractivity (Wildman–Crippen MR) is 152 cm³/mol. The van der Waals surface area contributed by atoms with Gasteiger partial charge in [-0.05, 0) is 52.4 Å². The van der Waals surface area contributed by atoms with Gasteiger partial charge in [0.25, 0.3) is 5.09 Å². The number of Topliss-reactive ketones (excluding diaryl/α,β-unsaturated/α-hetero) is 1. The lowest BCUT2D eigenvalue weighted by molar-refractivity contribution is -0.759. The molecule has 10 heteroatoms. The van der Waals surface area contributed by atoms with Crippen molar-refractivity contribution in [3.05, 3.63) is 22.3 Å². The molecule has 1 saturated carbocycles. The largest absolute Gasteiger partial charge is 0.459 e. The van der Waals surface area contributed by atoms with Crippen LogP contribution >= 0.6 is 0 Å². The monoisotopic (exact) mass is 558 g/mol. The molecule has 1 rings (SSSR count). The van der Waals surface area contributed by atoms with Crippen molar-refractivity contribution in [2.75, 3.05) is 13.7 Å². The third-order valence-electron chi connectivity index (χ3n) is 6.34. The Kier molecular flexibility index (Phi) is 26.9. The Bertz CT molecular complexity index is 678. The molecule has 1 amide bonds. The van der Waals surface area contributed by atoms with Crippen molar-refractivity contribution >= 4 is 17.7 Å². The zero-order valence-electron chi connectivity index (χ0n) is 25.0. The molecular weight excluding hydrogens is 504 g/mol. The van der Waals surface area contributed by atoms with Crippen LogP contribution < -0.4 is 5.32 Å². The van der Waals surface area contributed by atoms with Gasteiger partial charge < -0.3 is 20.0 Å². The van der Waals surface area contributed by atoms with E-state index in [4.69, 9.17) is 9.84 Å². The Balaban J connectivity index is 0. The quantitative estimate of drug-likeness (QED) is 0.0658. The normalized spacial score (nSPS) is 14.3. The number of esters is 1. The number of aliphatic hydroxyl groups excluding tert-OH is 1. The van der Waals surface area contributed by atoms with Gasteiger partial charge in [0.15, 0.2) is 0 Å². The van der Waals surface area contributed by atoms with Crippen LogP contribution in [0.25, 0.3) is 0 Å². The smallest absolute Gasteiger partial charge is 0.328 e. The summed E-state index contributed by atoms with van der Waals surface area (Å²) in [5, 5.41) is 18.6. The molecule has 2 unspecified atom stereocenters. The number of carbonyl (C=O) groups is 3. The number of allylic oxidation sites excluding steroid dienone is 2. The molecule has 0 saturated heterocycles. The number of nitrogens with zero attached hydrogens (tertiary/aromatic N) is 1. The first-order valence-corrected chi connectivity index (χ1v) is 14.5. The van der Waals surface area contributed by atoms with Crippen LogP contribution in [0.5, 0.6) is 0 Å². The molecule has 0 aliphatic heterocycles. The molecule has 1 aliphatic carbocycles. The van der Waals surface area contributed by atoms with E-state index in [9.17, 15) is 24.5 Å². The second kappa shape index (κ2) is 27.1. The third-order valence-corrected chi connectivity index (χ3v) is 6.34. The van der Waals surface area contributed by atoms with Crippen LogP contribution in [-0.4, -0.2) is 53.7 Å². The average Bonchev–Trinajstić information content (AvgIpc) is 3.44. The molecule has 2 N–H and O–H groups in total. The first-order chi connectivity index (χ1) is 18.7. The van der Waals surface area contributed by atoms with Gasteiger partial charge in [-0.15, -0.1) is 10.1 Å². The van der Waals surface area contributed by atoms with Crippen LogP contribution in [0.3, 0.4) is 0 Å². The number of amides is 1. The van der Waals surface area contributed by atoms with Gasteiger partial charge in [0.2, 0.25) is 5.91 Å². The van der Waals surface area contributed by atoms with Crippen LogP contribution in [0.2, 0.25) is 0 Å². The maximum Gasteiger partial charge on any atom is 0.328 e. The molecule has 0 aromatic rings. The van der Waals surface area contributed by atoms with E-state index in [0.717, 1.165) is 38.7 Å². The Labute approximate surface area is 235 Å². The lowest BCUT2D eigenvalue weighted by Crippen LogP contribution is -2.41. The molecule has 0 radical (unpaired) electrons. The fourth-order valence-corrected chi connectivity index (χ4v) is 4.13. The number of ketones is 1. The average molecular weight is 559 g/mol. The molecule has 0 heterocycles. The molecule has 0 bridgehead atoms. The number of hydrogen-bond donors (Lipinski definition) is 2. The first-order valence-electron chi connectivity index (χ1n) is 14.5. The highest BCUT2D eigenvalue weighted by molar-refractivity contribution is 5.84. The molecular formula is C29H54N2O8. The summed E-state index contributed by atoms with van der Waals surface area (Å²) in [6.45, 7) is 6.75. The highest BCUT2D eigenvalue weighted by Crippen LogP contribution is 2.28. The molecule has 10 nitrogen and oxygen atoms in total. The summed E-state index contributed by atoms with van der Waals surface area (Å²) in [7, 11) is 1.00. The maximum atomic E-state index is 11.6. The summed E-state index contributed by atoms with van der Waals surface area (Å²) < 4.78 is 4.91. The molecule has 39 heavy (non-hydrogen) atoms. The van der Waals surface area contributed by atoms with Gasteiger partial charge in [0, 0.05) is 26.4 Å². The van der Waals surface area contributed by atoms with Crippen molar-refractivity contribution in [2.24, 2.45) is 5.92 Å². The van der Waals surface area contributed by atoms with Gasteiger partial charge in [-0.1, -0.05) is 70.4 Å². The van der Waals surface area contributed by atoms with Crippen molar-refractivity contribution in [2.45, 2.75) is 136 Å². The van der Waals surface area contributed by atoms with E-state index in [2.05, 4.69) is 17.1 Å². The minimum absolute atomic E-state index is 0.238. The Hall–Kier alpha value is -2.49. The fourth-order valence-electron chi connectivity index (χ4n) is 4.13. The highest BCUT2D eigenvalue weighted by Gasteiger charge is 2.20. The van der Waals surface area contributed by atoms with Crippen LogP contribution in [-0.2, 0) is 24.0 Å². The van der Waals surface area contributed by atoms with Gasteiger partial charge in [0.05, 0.1) is 0 Å². The van der Waals surface area contributed by atoms with E-state index in [1.54, 1.807) is 0 Å². The van der Waals surface area contributed by atoms with Crippen molar-refractivity contribution < 1.29 is 34.2 Å². The molecule has 0 spiro atoms. The molecule has 228 valence electrons. The number of ether oxygens (including phenoxy) is 1. The van der Waals surface area contributed by atoms with Crippen LogP contribution in [0.4, 0.5) is 0 Å². The number of rotatable bonds is 19. The number of unbranched alkanes of at least 4 members (excludes halogenated alkanes) is 5. The standard InChI is InChI=1S/C15H28O.C13H22N2O6.CH4O/c1-2-3-4-5-6-11-15(16)13-12-14-9-7-8-10-14;1-4-5-6-7-8-12(16)14-11(3)13(17)21-10(2)9-20-15(18)19;1-2/h14H,2-13H2,1H3;4-5,10-11H,6-9H2,1-3H3,(H,14,16);2H,1H3/b;5-4-;. The van der Waals surface area contributed by atoms with E-state index in [1.165, 1.54) is 71.6 Å². The van der Waals surface area contributed by atoms with E-state index >= 15 is 0 Å². The molecule has 2 atom stereocenters. The lowest BCUT2D eigenvalue weighted by atomic mass is 9.98. The maximum absolute atomic E-state index is 11.6. The summed E-state index contributed by atoms with van der Waals surface area (Å²) in [6.07, 6.45) is 19.7. The third kappa shape index (κ3) is 25.5. The van der Waals surface area contributed by atoms with E-state index in [1.807, 2.05) is 19.1 Å². The van der Waals surface area contributed by atoms with Gasteiger partial charge >= 0.3 is 5.97 Å². The van der Waals surface area contributed by atoms with Gasteiger partial charge in [0.1, 0.15) is 24.5 Å². The molecule has 0 aromatic heterocycles. The lowest BCUT2D eigenvalue weighted by Gasteiger charge is -2.17. The van der Waals surface area contributed by atoms with Gasteiger partial charge in [-0.3, -0.25) is 9.59 Å². The summed E-state index contributed by atoms with van der Waals surface area (Å²) in [5.41, 5.74) is 0. The molecule has 0 aromatic carbocycles. The first kappa shape index (κ1) is 38.7. The fraction of sp³-hybridized carbons (Fsp3) is 0.828. The van der Waals surface area contributed by atoms with E-state index in [0.29, 0.717) is 18.6 Å². The van der Waals surface area contributed by atoms with Crippen LogP contribution in [0, 0.1) is 16.0 Å². The predicted octanol–water partition coefficient (Wildman–Crippen LogP) is 5.87. The van der Waals surface area contributed by atoms with Gasteiger partial charge in [-0.25, -0.2) is 4.79 Å². The Morgan fingerprint density at radius 1 is 1.03 bits per heavy atom. The summed E-state index contributed by atoms with van der Waals surface area (Å²) in [4.78, 5) is 48.9. The second-order valence-electron chi connectivity index (χ2n) is 9.91. The zero-order chi connectivity index (χ0) is 29.9. The summed E-state index contributed by atoms with van der Waals surface area (Å²) in [5.74, 6) is 0.502. The number of hydrogen-bond acceptors (Lipinski definition) is 8. The van der Waals surface area contributed by atoms with Crippen molar-refractivity contribution in [3.8, 4) is 0 Å². The minimum atomic E-state index is -0.958. The van der Waals surface area contributed by atoms with Crippen molar-refractivity contribution in [1.29, 1.82) is 0 Å². The van der Waals surface area contributed by atoms with E-state index in [-0.39, 0.29) is 12.5 Å². The number of carbonyl (C=O) groups excluding carboxylic acids is 3. The van der Waals surface area contributed by atoms with Crippen LogP contribution in [0.15, 0.2) is 12.2 Å². The van der Waals surface area contributed by atoms with E-state index < -0.39 is 23.2 Å². The van der Waals surface area contributed by atoms with Crippen molar-refractivity contribution in [1.82, 2.24) is 5.32 Å². The Morgan fingerprint density at radius 2 is 1.67 bits per heavy atom. The minimum Gasteiger partial charge on any atom is -0.459 e. The SMILES string of the molecule is C/C=C\CCCC(=O)NC(C)C(=O)OC(C)CO[N+](=O)[O-].CCCCCCCC(=O)CCC1CCCC1.CO. The number of aliphatic hydroxyl groups is 1. The second-order valence-corrected chi connectivity index (χ2v) is 9.91. The topological polar surface area (TPSA) is 145 Å². The van der Waals surface area contributed by atoms with Crippen LogP contribution in [0.1, 0.15) is 124 Å². The molecule has 1 aliphatic rings. The Morgan fingerprint density at radius 3 is 2.26 bits per heavy atom. The summed E-state index contributed by atoms with van der Waals surface area (Å²) >= 11 is 0. The summed E-state index contributed by atoms with van der Waals surface area (Å²) in [6, 6.07) is -0.808.